The van der Waals surface area contributed by atoms with Gasteiger partial charge in [0.25, 0.3) is 0 Å². The number of fused-ring (bicyclic) bond motifs is 6. The van der Waals surface area contributed by atoms with Crippen molar-refractivity contribution in [1.29, 1.82) is 0 Å². The Morgan fingerprint density at radius 3 is 2.65 bits per heavy atom. The van der Waals surface area contributed by atoms with E-state index in [1.165, 1.54) is 18.3 Å². The molecule has 31 heavy (non-hydrogen) atoms. The van der Waals surface area contributed by atoms with E-state index < -0.39 is 29.3 Å². The number of hydrogen-bond acceptors (Lipinski definition) is 6. The number of ether oxygens (including phenoxy) is 2. The first-order valence-corrected chi connectivity index (χ1v) is 9.79. The smallest absolute Gasteiger partial charge is 0.504 e. The van der Waals surface area contributed by atoms with Gasteiger partial charge in [-0.25, -0.2) is 4.79 Å². The number of hydrogen-bond donors (Lipinski definition) is 1. The fourth-order valence-corrected chi connectivity index (χ4v) is 4.43. The van der Waals surface area contributed by atoms with Gasteiger partial charge in [0.2, 0.25) is 0 Å². The van der Waals surface area contributed by atoms with Crippen LogP contribution in [0.2, 0.25) is 0 Å². The molecule has 0 bridgehead atoms. The molecule has 10 heteroatoms. The molecule has 3 heterocycles. The second-order valence-electron chi connectivity index (χ2n) is 8.17. The second-order valence-corrected chi connectivity index (χ2v) is 8.17. The van der Waals surface area contributed by atoms with Crippen LogP contribution >= 0.6 is 0 Å². The quantitative estimate of drug-likeness (QED) is 0.733. The largest absolute Gasteiger partial charge is 0.573 e. The number of halogens is 3. The molecular weight excluding hydrogens is 417 g/mol. The van der Waals surface area contributed by atoms with Crippen molar-refractivity contribution < 1.29 is 32.5 Å². The number of rotatable bonds is 3. The third kappa shape index (κ3) is 3.49. The van der Waals surface area contributed by atoms with Crippen molar-refractivity contribution in [2.45, 2.75) is 51.6 Å². The molecule has 2 aromatic rings. The summed E-state index contributed by atoms with van der Waals surface area (Å²) in [6, 6.07) is 3.25. The second kappa shape index (κ2) is 6.93. The lowest BCUT2D eigenvalue weighted by atomic mass is 9.93. The maximum Gasteiger partial charge on any atom is 0.573 e. The molecule has 2 aliphatic rings. The Morgan fingerprint density at radius 2 is 2.00 bits per heavy atom. The van der Waals surface area contributed by atoms with Gasteiger partial charge in [-0.2, -0.15) is 0 Å². The highest BCUT2D eigenvalue weighted by molar-refractivity contribution is 5.89. The molecule has 0 aliphatic carbocycles. The normalized spacial score (nSPS) is 18.8. The molecule has 4 rings (SSSR count). The van der Waals surface area contributed by atoms with Gasteiger partial charge in [0.15, 0.2) is 16.9 Å². The zero-order valence-corrected chi connectivity index (χ0v) is 17.1. The van der Waals surface area contributed by atoms with Crippen LogP contribution in [0.3, 0.4) is 0 Å². The minimum Gasteiger partial charge on any atom is -0.504 e. The highest BCUT2D eigenvalue weighted by Gasteiger charge is 2.45. The Hall–Kier alpha value is -3.17. The lowest BCUT2D eigenvalue weighted by Crippen LogP contribution is -2.50. The lowest BCUT2D eigenvalue weighted by Gasteiger charge is -2.44. The molecule has 166 valence electrons. The van der Waals surface area contributed by atoms with Crippen molar-refractivity contribution in [3.05, 3.63) is 45.7 Å². The van der Waals surface area contributed by atoms with Crippen LogP contribution < -0.4 is 15.2 Å². The lowest BCUT2D eigenvalue weighted by molar-refractivity contribution is -0.275. The van der Waals surface area contributed by atoms with Gasteiger partial charge < -0.3 is 14.6 Å². The van der Waals surface area contributed by atoms with Gasteiger partial charge >= 0.3 is 12.3 Å². The first-order chi connectivity index (χ1) is 14.4. The van der Waals surface area contributed by atoms with E-state index in [9.17, 15) is 27.9 Å². The molecule has 0 amide bonds. The van der Waals surface area contributed by atoms with Crippen LogP contribution in [0.5, 0.6) is 11.5 Å². The fraction of sp³-hybridized carbons (Fsp3) is 0.429. The fourth-order valence-electron chi connectivity index (χ4n) is 4.43. The van der Waals surface area contributed by atoms with Crippen LogP contribution in [0.25, 0.3) is 11.3 Å². The van der Waals surface area contributed by atoms with Gasteiger partial charge in [-0.05, 0) is 51.3 Å². The molecule has 1 aromatic heterocycles. The number of esters is 1. The Bertz CT molecular complexity index is 1120. The minimum atomic E-state index is -4.99. The van der Waals surface area contributed by atoms with Gasteiger partial charge in [-0.3, -0.25) is 14.5 Å². The number of phenols is 1. The van der Waals surface area contributed by atoms with E-state index in [2.05, 4.69) is 4.74 Å². The maximum atomic E-state index is 12.8. The van der Waals surface area contributed by atoms with E-state index >= 15 is 0 Å². The average Bonchev–Trinajstić information content (AvgIpc) is 2.97. The van der Waals surface area contributed by atoms with Crippen molar-refractivity contribution in [1.82, 2.24) is 4.68 Å². The van der Waals surface area contributed by atoms with Crippen molar-refractivity contribution in [2.75, 3.05) is 11.6 Å². The Morgan fingerprint density at radius 1 is 1.29 bits per heavy atom. The highest BCUT2D eigenvalue weighted by Crippen LogP contribution is 2.50. The SMILES string of the molecule is CCOC(=O)c1cn2c(cc1=O)-c1cc(OC(F)(F)F)c(O)cc1[C@H]1CCC(C)(C)N12. The van der Waals surface area contributed by atoms with E-state index in [-0.39, 0.29) is 23.8 Å². The molecular formula is C21H21F3N2O5. The average molecular weight is 438 g/mol. The maximum absolute atomic E-state index is 12.8. The van der Waals surface area contributed by atoms with E-state index in [1.807, 2.05) is 18.9 Å². The summed E-state index contributed by atoms with van der Waals surface area (Å²) in [5.41, 5.74) is 0.0451. The summed E-state index contributed by atoms with van der Waals surface area (Å²) in [7, 11) is 0. The predicted octanol–water partition coefficient (Wildman–Crippen LogP) is 3.86. The number of pyridine rings is 1. The zero-order valence-electron chi connectivity index (χ0n) is 17.1. The molecule has 0 saturated carbocycles. The molecule has 0 unspecified atom stereocenters. The van der Waals surface area contributed by atoms with Crippen LogP contribution in [0, 0.1) is 0 Å². The number of nitrogens with zero attached hydrogens (tertiary/aromatic N) is 2. The summed E-state index contributed by atoms with van der Waals surface area (Å²) < 4.78 is 49.0. The summed E-state index contributed by atoms with van der Waals surface area (Å²) in [6.45, 7) is 5.70. The predicted molar refractivity (Wildman–Crippen MR) is 105 cm³/mol. The van der Waals surface area contributed by atoms with Crippen molar-refractivity contribution in [2.24, 2.45) is 0 Å². The Kier molecular flexibility index (Phi) is 4.71. The summed E-state index contributed by atoms with van der Waals surface area (Å²) in [5, 5.41) is 12.2. The third-order valence-corrected chi connectivity index (χ3v) is 5.70. The molecule has 7 nitrogen and oxygen atoms in total. The van der Waals surface area contributed by atoms with Crippen LogP contribution in [0.1, 0.15) is 55.6 Å². The summed E-state index contributed by atoms with van der Waals surface area (Å²) >= 11 is 0. The summed E-state index contributed by atoms with van der Waals surface area (Å²) in [5.74, 6) is -2.17. The van der Waals surface area contributed by atoms with Crippen LogP contribution in [0.4, 0.5) is 13.2 Å². The number of carbonyl (C=O) groups excluding carboxylic acids is 1. The van der Waals surface area contributed by atoms with Crippen LogP contribution in [-0.2, 0) is 4.74 Å². The number of benzene rings is 1. The van der Waals surface area contributed by atoms with E-state index in [0.29, 0.717) is 23.2 Å². The van der Waals surface area contributed by atoms with E-state index in [1.54, 1.807) is 11.6 Å². The van der Waals surface area contributed by atoms with Crippen LogP contribution in [-0.4, -0.2) is 34.3 Å². The third-order valence-electron chi connectivity index (χ3n) is 5.70. The first kappa shape index (κ1) is 21.1. The van der Waals surface area contributed by atoms with Gasteiger partial charge in [0.1, 0.15) is 5.56 Å². The van der Waals surface area contributed by atoms with E-state index in [4.69, 9.17) is 4.74 Å². The van der Waals surface area contributed by atoms with Gasteiger partial charge in [0, 0.05) is 17.8 Å². The number of alkyl halides is 3. The zero-order chi connectivity index (χ0) is 22.7. The number of carbonyl (C=O) groups is 1. The van der Waals surface area contributed by atoms with Gasteiger partial charge in [0.05, 0.1) is 23.9 Å². The summed E-state index contributed by atoms with van der Waals surface area (Å²) in [6.07, 6.45) is -2.21. The van der Waals surface area contributed by atoms with Crippen molar-refractivity contribution in [3.63, 3.8) is 0 Å². The monoisotopic (exact) mass is 438 g/mol. The van der Waals surface area contributed by atoms with Crippen molar-refractivity contribution >= 4 is 5.97 Å². The molecule has 1 saturated heterocycles. The summed E-state index contributed by atoms with van der Waals surface area (Å²) in [4.78, 5) is 24.9. The number of aromatic nitrogens is 1. The molecule has 0 radical (unpaired) electrons. The highest BCUT2D eigenvalue weighted by atomic mass is 19.4. The van der Waals surface area contributed by atoms with Crippen molar-refractivity contribution in [3.8, 4) is 22.8 Å². The van der Waals surface area contributed by atoms with Crippen LogP contribution in [0.15, 0.2) is 29.2 Å². The molecule has 0 spiro atoms. The molecule has 2 aliphatic heterocycles. The standard InChI is InChI=1S/C21H21F3N2O5/c1-4-30-19(29)13-10-25-15(9-16(13)27)12-8-18(31-21(22,23)24)17(28)7-11(12)14-5-6-20(2,3)26(14)25/h7-10,14,28H,4-6H2,1-3H3/t14-/m1/s1. The molecule has 1 atom stereocenters. The Balaban J connectivity index is 1.97. The first-order valence-electron chi connectivity index (χ1n) is 9.79. The number of phenolic OH excluding ortho intramolecular Hbond substituents is 1. The molecule has 1 aromatic carbocycles. The Labute approximate surface area is 175 Å². The molecule has 1 fully saturated rings. The van der Waals surface area contributed by atoms with Gasteiger partial charge in [-0.1, -0.05) is 0 Å². The minimum absolute atomic E-state index is 0.0953. The topological polar surface area (TPSA) is 81.0 Å². The molecule has 1 N–H and O–H groups in total. The van der Waals surface area contributed by atoms with E-state index in [0.717, 1.165) is 12.5 Å². The number of aromatic hydroxyl groups is 1. The van der Waals surface area contributed by atoms with Gasteiger partial charge in [-0.15, -0.1) is 13.2 Å².